The van der Waals surface area contributed by atoms with E-state index in [0.717, 1.165) is 32.0 Å². The van der Waals surface area contributed by atoms with E-state index in [9.17, 15) is 4.79 Å². The molecular formula is C21H33NO2. The number of fused-ring (bicyclic) bond motifs is 2. The number of allylic oxidation sites excluding steroid dienone is 1. The second kappa shape index (κ2) is 6.16. The molecule has 0 aromatic rings. The van der Waals surface area contributed by atoms with Crippen LogP contribution in [0.1, 0.15) is 59.3 Å². The van der Waals surface area contributed by atoms with E-state index in [-0.39, 0.29) is 23.4 Å². The minimum absolute atomic E-state index is 0.0616. The highest BCUT2D eigenvalue weighted by atomic mass is 16.6. The van der Waals surface area contributed by atoms with Gasteiger partial charge in [0, 0.05) is 19.0 Å². The van der Waals surface area contributed by atoms with Crippen LogP contribution >= 0.6 is 0 Å². The standard InChI is InChI=1S/C21H33NO2/c1-14-6-5-9-22(12-14)13-17-16-10-18-15(2)7-4-8-21(18,3)11-19(16)24-20(17)23/h10,14-17,19H,4-9,11-13H2,1-3H3. The van der Waals surface area contributed by atoms with Crippen molar-refractivity contribution in [3.05, 3.63) is 11.6 Å². The number of piperidine rings is 1. The molecule has 134 valence electrons. The van der Waals surface area contributed by atoms with Crippen molar-refractivity contribution in [3.63, 3.8) is 0 Å². The van der Waals surface area contributed by atoms with Gasteiger partial charge in [-0.1, -0.05) is 38.8 Å². The maximum atomic E-state index is 12.6. The zero-order valence-electron chi connectivity index (χ0n) is 15.6. The fourth-order valence-corrected chi connectivity index (χ4v) is 5.99. The summed E-state index contributed by atoms with van der Waals surface area (Å²) < 4.78 is 5.89. The first kappa shape index (κ1) is 16.6. The van der Waals surface area contributed by atoms with Gasteiger partial charge >= 0.3 is 5.97 Å². The van der Waals surface area contributed by atoms with Crippen LogP contribution in [-0.2, 0) is 9.53 Å². The molecule has 0 aromatic carbocycles. The Bertz CT molecular complexity index is 542. The predicted octanol–water partition coefficient (Wildman–Crippen LogP) is 4.03. The fraction of sp³-hybridized carbons (Fsp3) is 0.857. The molecule has 0 bridgehead atoms. The number of ether oxygens (including phenoxy) is 1. The SMILES string of the molecule is CC1CCCN(CC2C(=O)OC3CC4(C)CCCC(C)C4=CC32)C1. The third-order valence-electron chi connectivity index (χ3n) is 7.28. The molecule has 6 unspecified atom stereocenters. The third kappa shape index (κ3) is 2.83. The number of hydrogen-bond donors (Lipinski definition) is 0. The molecule has 2 aliphatic carbocycles. The largest absolute Gasteiger partial charge is 0.461 e. The van der Waals surface area contributed by atoms with E-state index >= 15 is 0 Å². The quantitative estimate of drug-likeness (QED) is 0.565. The molecule has 0 aromatic heterocycles. The van der Waals surface area contributed by atoms with E-state index in [4.69, 9.17) is 4.74 Å². The Hall–Kier alpha value is -0.830. The van der Waals surface area contributed by atoms with E-state index in [2.05, 4.69) is 31.7 Å². The van der Waals surface area contributed by atoms with Crippen LogP contribution in [0.25, 0.3) is 0 Å². The van der Waals surface area contributed by atoms with Crippen LogP contribution in [0.5, 0.6) is 0 Å². The van der Waals surface area contributed by atoms with Gasteiger partial charge in [-0.3, -0.25) is 4.79 Å². The van der Waals surface area contributed by atoms with Crippen molar-refractivity contribution in [3.8, 4) is 0 Å². The molecule has 4 aliphatic rings. The summed E-state index contributed by atoms with van der Waals surface area (Å²) in [5.41, 5.74) is 1.90. The topological polar surface area (TPSA) is 29.5 Å². The lowest BCUT2D eigenvalue weighted by molar-refractivity contribution is -0.145. The van der Waals surface area contributed by atoms with Crippen molar-refractivity contribution in [1.29, 1.82) is 0 Å². The number of nitrogens with zero attached hydrogens (tertiary/aromatic N) is 1. The number of hydrogen-bond acceptors (Lipinski definition) is 3. The first-order valence-electron chi connectivity index (χ1n) is 10.1. The van der Waals surface area contributed by atoms with Crippen LogP contribution in [0.2, 0.25) is 0 Å². The van der Waals surface area contributed by atoms with E-state index < -0.39 is 0 Å². The van der Waals surface area contributed by atoms with Crippen LogP contribution in [0.15, 0.2) is 11.6 Å². The molecule has 0 radical (unpaired) electrons. The molecule has 0 spiro atoms. The molecule has 1 saturated carbocycles. The molecule has 4 rings (SSSR count). The highest BCUT2D eigenvalue weighted by molar-refractivity contribution is 5.76. The summed E-state index contributed by atoms with van der Waals surface area (Å²) in [4.78, 5) is 15.1. The number of carbonyl (C=O) groups excluding carboxylic acids is 1. The first-order chi connectivity index (χ1) is 11.5. The second-order valence-corrected chi connectivity index (χ2v) is 9.35. The maximum Gasteiger partial charge on any atom is 0.311 e. The highest BCUT2D eigenvalue weighted by Crippen LogP contribution is 2.54. The van der Waals surface area contributed by atoms with Crippen LogP contribution < -0.4 is 0 Å². The molecule has 0 amide bonds. The van der Waals surface area contributed by atoms with Gasteiger partial charge in [-0.2, -0.15) is 0 Å². The molecule has 2 saturated heterocycles. The number of carbonyl (C=O) groups is 1. The molecule has 3 nitrogen and oxygen atoms in total. The van der Waals surface area contributed by atoms with Crippen molar-refractivity contribution in [2.24, 2.45) is 29.1 Å². The summed E-state index contributed by atoms with van der Waals surface area (Å²) in [6, 6.07) is 0. The molecule has 2 aliphatic heterocycles. The van der Waals surface area contributed by atoms with Crippen molar-refractivity contribution in [1.82, 2.24) is 4.90 Å². The lowest BCUT2D eigenvalue weighted by atomic mass is 9.59. The number of likely N-dealkylation sites (tertiary alicyclic amines) is 1. The molecular weight excluding hydrogens is 298 g/mol. The van der Waals surface area contributed by atoms with Gasteiger partial charge in [0.25, 0.3) is 0 Å². The molecule has 24 heavy (non-hydrogen) atoms. The molecule has 6 atom stereocenters. The summed E-state index contributed by atoms with van der Waals surface area (Å²) in [6.07, 6.45) is 10.2. The Kier molecular flexibility index (Phi) is 4.27. The van der Waals surface area contributed by atoms with E-state index in [1.807, 2.05) is 0 Å². The normalized spacial score (nSPS) is 46.0. The van der Waals surface area contributed by atoms with Crippen molar-refractivity contribution < 1.29 is 9.53 Å². The Morgan fingerprint density at radius 2 is 2.12 bits per heavy atom. The van der Waals surface area contributed by atoms with Crippen LogP contribution in [-0.4, -0.2) is 36.6 Å². The lowest BCUT2D eigenvalue weighted by Gasteiger charge is -2.46. The fourth-order valence-electron chi connectivity index (χ4n) is 5.99. The van der Waals surface area contributed by atoms with Crippen molar-refractivity contribution in [2.45, 2.75) is 65.4 Å². The smallest absolute Gasteiger partial charge is 0.311 e. The summed E-state index contributed by atoms with van der Waals surface area (Å²) in [6.45, 7) is 10.3. The summed E-state index contributed by atoms with van der Waals surface area (Å²) in [5, 5.41) is 0. The summed E-state index contributed by atoms with van der Waals surface area (Å²) >= 11 is 0. The van der Waals surface area contributed by atoms with Crippen molar-refractivity contribution in [2.75, 3.05) is 19.6 Å². The maximum absolute atomic E-state index is 12.6. The van der Waals surface area contributed by atoms with E-state index in [1.165, 1.54) is 32.1 Å². The Labute approximate surface area is 146 Å². The Morgan fingerprint density at radius 1 is 1.29 bits per heavy atom. The van der Waals surface area contributed by atoms with Gasteiger partial charge in [0.2, 0.25) is 0 Å². The minimum atomic E-state index is 0.0616. The first-order valence-corrected chi connectivity index (χ1v) is 10.1. The summed E-state index contributed by atoms with van der Waals surface area (Å²) in [5.74, 6) is 1.88. The van der Waals surface area contributed by atoms with Crippen molar-refractivity contribution >= 4 is 5.97 Å². The van der Waals surface area contributed by atoms with Crippen LogP contribution in [0.4, 0.5) is 0 Å². The van der Waals surface area contributed by atoms with Gasteiger partial charge in [-0.15, -0.1) is 0 Å². The zero-order chi connectivity index (χ0) is 16.9. The van der Waals surface area contributed by atoms with E-state index in [0.29, 0.717) is 11.8 Å². The average molecular weight is 332 g/mol. The van der Waals surface area contributed by atoms with Gasteiger partial charge in [0.15, 0.2) is 0 Å². The van der Waals surface area contributed by atoms with E-state index in [1.54, 1.807) is 5.57 Å². The minimum Gasteiger partial charge on any atom is -0.461 e. The molecule has 3 fully saturated rings. The van der Waals surface area contributed by atoms with Gasteiger partial charge in [0.1, 0.15) is 6.10 Å². The highest BCUT2D eigenvalue weighted by Gasteiger charge is 2.51. The molecule has 0 N–H and O–H groups in total. The monoisotopic (exact) mass is 331 g/mol. The molecule has 2 heterocycles. The van der Waals surface area contributed by atoms with Gasteiger partial charge in [0.05, 0.1) is 5.92 Å². The number of rotatable bonds is 2. The zero-order valence-corrected chi connectivity index (χ0v) is 15.6. The molecule has 3 heteroatoms. The lowest BCUT2D eigenvalue weighted by Crippen LogP contribution is -2.42. The second-order valence-electron chi connectivity index (χ2n) is 9.35. The summed E-state index contributed by atoms with van der Waals surface area (Å²) in [7, 11) is 0. The van der Waals surface area contributed by atoms with Gasteiger partial charge in [-0.05, 0) is 55.9 Å². The Morgan fingerprint density at radius 3 is 2.92 bits per heavy atom. The van der Waals surface area contributed by atoms with Gasteiger partial charge in [-0.25, -0.2) is 0 Å². The predicted molar refractivity (Wildman–Crippen MR) is 95.5 cm³/mol. The van der Waals surface area contributed by atoms with Gasteiger partial charge < -0.3 is 9.64 Å². The van der Waals surface area contributed by atoms with Crippen LogP contribution in [0.3, 0.4) is 0 Å². The Balaban J connectivity index is 1.55. The third-order valence-corrected chi connectivity index (χ3v) is 7.28. The average Bonchev–Trinajstić information content (AvgIpc) is 2.80. The number of esters is 1. The van der Waals surface area contributed by atoms with Crippen LogP contribution in [0, 0.1) is 29.1 Å².